The van der Waals surface area contributed by atoms with E-state index in [2.05, 4.69) is 5.32 Å². The zero-order valence-corrected chi connectivity index (χ0v) is 11.2. The first kappa shape index (κ1) is 15.0. The second-order valence-corrected chi connectivity index (χ2v) is 4.37. The van der Waals surface area contributed by atoms with E-state index in [1.165, 1.54) is 6.08 Å². The van der Waals surface area contributed by atoms with Crippen molar-refractivity contribution in [2.75, 3.05) is 0 Å². The standard InChI is InChI=1S/C14H19NO4/c1-3-4-11(9-14(17)18)15-13(16)8-7-12-6-5-10(2)19-12/h5-8,11H,3-4,9H2,1-2H3,(H,15,16)(H,17,18)/b8-7+. The lowest BCUT2D eigenvalue weighted by molar-refractivity contribution is -0.137. The smallest absolute Gasteiger partial charge is 0.305 e. The summed E-state index contributed by atoms with van der Waals surface area (Å²) < 4.78 is 5.29. The third-order valence-electron chi connectivity index (χ3n) is 2.56. The van der Waals surface area contributed by atoms with Gasteiger partial charge in [0, 0.05) is 12.1 Å². The van der Waals surface area contributed by atoms with Gasteiger partial charge in [0.15, 0.2) is 0 Å². The molecule has 0 aliphatic carbocycles. The van der Waals surface area contributed by atoms with Crippen LogP contribution in [0.25, 0.3) is 6.08 Å². The van der Waals surface area contributed by atoms with Crippen molar-refractivity contribution in [2.45, 2.75) is 39.2 Å². The molecule has 19 heavy (non-hydrogen) atoms. The molecule has 0 bridgehead atoms. The highest BCUT2D eigenvalue weighted by molar-refractivity contribution is 5.91. The number of aryl methyl sites for hydroxylation is 1. The van der Waals surface area contributed by atoms with Gasteiger partial charge in [0.25, 0.3) is 0 Å². The average molecular weight is 265 g/mol. The zero-order chi connectivity index (χ0) is 14.3. The Morgan fingerprint density at radius 2 is 2.21 bits per heavy atom. The summed E-state index contributed by atoms with van der Waals surface area (Å²) in [6.07, 6.45) is 4.31. The fraction of sp³-hybridized carbons (Fsp3) is 0.429. The van der Waals surface area contributed by atoms with Crippen molar-refractivity contribution in [3.63, 3.8) is 0 Å². The van der Waals surface area contributed by atoms with Crippen LogP contribution < -0.4 is 5.32 Å². The van der Waals surface area contributed by atoms with Crippen LogP contribution in [0.3, 0.4) is 0 Å². The predicted octanol–water partition coefficient (Wildman–Crippen LogP) is 2.36. The van der Waals surface area contributed by atoms with Crippen LogP contribution in [-0.2, 0) is 9.59 Å². The molecular formula is C14H19NO4. The molecule has 0 aliphatic rings. The molecule has 0 radical (unpaired) electrons. The van der Waals surface area contributed by atoms with Crippen molar-refractivity contribution in [1.29, 1.82) is 0 Å². The minimum absolute atomic E-state index is 0.0622. The number of carboxylic acids is 1. The first-order valence-electron chi connectivity index (χ1n) is 6.28. The van der Waals surface area contributed by atoms with Crippen LogP contribution in [0.15, 0.2) is 22.6 Å². The number of amides is 1. The largest absolute Gasteiger partial charge is 0.481 e. The number of hydrogen-bond acceptors (Lipinski definition) is 3. The van der Waals surface area contributed by atoms with Crippen molar-refractivity contribution in [3.05, 3.63) is 29.7 Å². The minimum Gasteiger partial charge on any atom is -0.481 e. The number of hydrogen-bond donors (Lipinski definition) is 2. The number of carbonyl (C=O) groups is 2. The topological polar surface area (TPSA) is 79.5 Å². The molecule has 0 spiro atoms. The quantitative estimate of drug-likeness (QED) is 0.742. The van der Waals surface area contributed by atoms with Crippen molar-refractivity contribution < 1.29 is 19.1 Å². The van der Waals surface area contributed by atoms with Gasteiger partial charge in [-0.3, -0.25) is 9.59 Å². The van der Waals surface area contributed by atoms with E-state index in [0.29, 0.717) is 12.2 Å². The van der Waals surface area contributed by atoms with Crippen molar-refractivity contribution in [2.24, 2.45) is 0 Å². The first-order chi connectivity index (χ1) is 9.01. The van der Waals surface area contributed by atoms with Gasteiger partial charge in [-0.15, -0.1) is 0 Å². The molecule has 1 aromatic heterocycles. The molecule has 5 heteroatoms. The molecule has 0 aromatic carbocycles. The lowest BCUT2D eigenvalue weighted by atomic mass is 10.1. The Labute approximate surface area is 112 Å². The summed E-state index contributed by atoms with van der Waals surface area (Å²) in [6.45, 7) is 3.77. The van der Waals surface area contributed by atoms with E-state index < -0.39 is 5.97 Å². The van der Waals surface area contributed by atoms with Crippen LogP contribution in [0.5, 0.6) is 0 Å². The predicted molar refractivity (Wildman–Crippen MR) is 71.6 cm³/mol. The third kappa shape index (κ3) is 5.90. The van der Waals surface area contributed by atoms with Gasteiger partial charge < -0.3 is 14.8 Å². The van der Waals surface area contributed by atoms with Gasteiger partial charge in [-0.05, 0) is 31.6 Å². The molecule has 2 N–H and O–H groups in total. The molecule has 1 heterocycles. The van der Waals surface area contributed by atoms with Gasteiger partial charge in [-0.2, -0.15) is 0 Å². The number of rotatable bonds is 7. The summed E-state index contributed by atoms with van der Waals surface area (Å²) in [4.78, 5) is 22.3. The van der Waals surface area contributed by atoms with Crippen LogP contribution in [0.4, 0.5) is 0 Å². The van der Waals surface area contributed by atoms with E-state index >= 15 is 0 Å². The number of furan rings is 1. The SMILES string of the molecule is CCCC(CC(=O)O)NC(=O)/C=C/c1ccc(C)o1. The van der Waals surface area contributed by atoms with E-state index in [1.54, 1.807) is 12.1 Å². The van der Waals surface area contributed by atoms with Gasteiger partial charge in [0.2, 0.25) is 5.91 Å². The molecular weight excluding hydrogens is 246 g/mol. The lowest BCUT2D eigenvalue weighted by Crippen LogP contribution is -2.35. The van der Waals surface area contributed by atoms with E-state index in [1.807, 2.05) is 19.9 Å². The first-order valence-corrected chi connectivity index (χ1v) is 6.28. The van der Waals surface area contributed by atoms with Crippen LogP contribution in [0.1, 0.15) is 37.7 Å². The number of carbonyl (C=O) groups excluding carboxylic acids is 1. The Bertz CT molecular complexity index is 462. The second kappa shape index (κ2) is 7.41. The van der Waals surface area contributed by atoms with Crippen molar-refractivity contribution >= 4 is 18.0 Å². The highest BCUT2D eigenvalue weighted by atomic mass is 16.4. The van der Waals surface area contributed by atoms with Crippen LogP contribution in [-0.4, -0.2) is 23.0 Å². The summed E-state index contributed by atoms with van der Waals surface area (Å²) in [5, 5.41) is 11.4. The minimum atomic E-state index is -0.913. The van der Waals surface area contributed by atoms with Gasteiger partial charge in [-0.1, -0.05) is 13.3 Å². The Kier molecular flexibility index (Phi) is 5.85. The molecule has 0 saturated heterocycles. The van der Waals surface area contributed by atoms with Crippen LogP contribution in [0.2, 0.25) is 0 Å². The summed E-state index contributed by atoms with van der Waals surface area (Å²) in [6, 6.07) is 3.24. The maximum Gasteiger partial charge on any atom is 0.305 e. The fourth-order valence-corrected chi connectivity index (χ4v) is 1.73. The Hall–Kier alpha value is -2.04. The Morgan fingerprint density at radius 3 is 2.74 bits per heavy atom. The van der Waals surface area contributed by atoms with E-state index in [-0.39, 0.29) is 18.4 Å². The second-order valence-electron chi connectivity index (χ2n) is 4.37. The highest BCUT2D eigenvalue weighted by Crippen LogP contribution is 2.08. The van der Waals surface area contributed by atoms with Crippen molar-refractivity contribution in [3.8, 4) is 0 Å². The number of carboxylic acid groups (broad SMARTS) is 1. The number of aliphatic carboxylic acids is 1. The van der Waals surface area contributed by atoms with Gasteiger partial charge in [-0.25, -0.2) is 0 Å². The molecule has 0 fully saturated rings. The van der Waals surface area contributed by atoms with E-state index in [0.717, 1.165) is 12.2 Å². The van der Waals surface area contributed by atoms with Gasteiger partial charge in [0.1, 0.15) is 11.5 Å². The summed E-state index contributed by atoms with van der Waals surface area (Å²) in [7, 11) is 0. The molecule has 1 aromatic rings. The lowest BCUT2D eigenvalue weighted by Gasteiger charge is -2.14. The average Bonchev–Trinajstić information content (AvgIpc) is 2.72. The Morgan fingerprint density at radius 1 is 1.47 bits per heavy atom. The van der Waals surface area contributed by atoms with E-state index in [9.17, 15) is 9.59 Å². The van der Waals surface area contributed by atoms with Gasteiger partial charge >= 0.3 is 5.97 Å². The molecule has 1 amide bonds. The normalized spacial score (nSPS) is 12.5. The fourth-order valence-electron chi connectivity index (χ4n) is 1.73. The van der Waals surface area contributed by atoms with Crippen LogP contribution >= 0.6 is 0 Å². The summed E-state index contributed by atoms with van der Waals surface area (Å²) in [5.41, 5.74) is 0. The summed E-state index contributed by atoms with van der Waals surface area (Å²) >= 11 is 0. The summed E-state index contributed by atoms with van der Waals surface area (Å²) in [5.74, 6) is 0.144. The molecule has 0 aliphatic heterocycles. The molecule has 5 nitrogen and oxygen atoms in total. The van der Waals surface area contributed by atoms with Crippen LogP contribution in [0, 0.1) is 6.92 Å². The Balaban J connectivity index is 2.52. The highest BCUT2D eigenvalue weighted by Gasteiger charge is 2.13. The molecule has 0 saturated carbocycles. The number of nitrogens with one attached hydrogen (secondary N) is 1. The molecule has 1 atom stereocenters. The monoisotopic (exact) mass is 265 g/mol. The maximum atomic E-state index is 11.7. The third-order valence-corrected chi connectivity index (χ3v) is 2.56. The zero-order valence-electron chi connectivity index (χ0n) is 11.2. The van der Waals surface area contributed by atoms with Gasteiger partial charge in [0.05, 0.1) is 6.42 Å². The van der Waals surface area contributed by atoms with E-state index in [4.69, 9.17) is 9.52 Å². The molecule has 104 valence electrons. The molecule has 1 unspecified atom stereocenters. The molecule has 1 rings (SSSR count). The maximum absolute atomic E-state index is 11.7. The van der Waals surface area contributed by atoms with Crippen molar-refractivity contribution in [1.82, 2.24) is 5.32 Å².